The van der Waals surface area contributed by atoms with E-state index in [0.29, 0.717) is 32.5 Å². The molecule has 2 rings (SSSR count). The van der Waals surface area contributed by atoms with Crippen molar-refractivity contribution in [2.75, 3.05) is 26.4 Å². The zero-order chi connectivity index (χ0) is 15.5. The van der Waals surface area contributed by atoms with Crippen LogP contribution >= 0.6 is 0 Å². The Bertz CT molecular complexity index is 581. The quantitative estimate of drug-likeness (QED) is 0.821. The Hall–Kier alpha value is -1.47. The molecule has 1 aromatic heterocycles. The van der Waals surface area contributed by atoms with Crippen molar-refractivity contribution < 1.29 is 13.2 Å². The standard InChI is InChI=1S/C14H21N3O3S/c1-16(11-12-3-7-15-8-4-12)14(18)13-5-9-17(10-6-13)21(2,19)20/h3-4,7-8,13H,5-6,9-11H2,1-2H3. The number of hydrogen-bond acceptors (Lipinski definition) is 4. The summed E-state index contributed by atoms with van der Waals surface area (Å²) in [5.41, 5.74) is 1.04. The lowest BCUT2D eigenvalue weighted by Gasteiger charge is -2.31. The van der Waals surface area contributed by atoms with Gasteiger partial charge in [-0.1, -0.05) is 0 Å². The molecule has 1 aliphatic heterocycles. The van der Waals surface area contributed by atoms with Crippen LogP contribution in [0.15, 0.2) is 24.5 Å². The number of aromatic nitrogens is 1. The van der Waals surface area contributed by atoms with Crippen LogP contribution < -0.4 is 0 Å². The van der Waals surface area contributed by atoms with Gasteiger partial charge in [0.05, 0.1) is 6.26 Å². The summed E-state index contributed by atoms with van der Waals surface area (Å²) in [6, 6.07) is 3.77. The first-order valence-corrected chi connectivity index (χ1v) is 8.82. The Morgan fingerprint density at radius 1 is 1.33 bits per heavy atom. The second-order valence-corrected chi connectivity index (χ2v) is 7.47. The van der Waals surface area contributed by atoms with Crippen LogP contribution in [-0.2, 0) is 21.4 Å². The smallest absolute Gasteiger partial charge is 0.225 e. The highest BCUT2D eigenvalue weighted by Gasteiger charge is 2.30. The summed E-state index contributed by atoms with van der Waals surface area (Å²) < 4.78 is 24.4. The highest BCUT2D eigenvalue weighted by Crippen LogP contribution is 2.21. The van der Waals surface area contributed by atoms with Gasteiger partial charge < -0.3 is 4.90 Å². The average Bonchev–Trinajstić information content (AvgIpc) is 2.46. The number of hydrogen-bond donors (Lipinski definition) is 0. The predicted molar refractivity (Wildman–Crippen MR) is 79.9 cm³/mol. The number of amides is 1. The monoisotopic (exact) mass is 311 g/mol. The molecule has 7 heteroatoms. The molecule has 0 radical (unpaired) electrons. The van der Waals surface area contributed by atoms with Crippen molar-refractivity contribution in [3.63, 3.8) is 0 Å². The maximum Gasteiger partial charge on any atom is 0.225 e. The van der Waals surface area contributed by atoms with Gasteiger partial charge in [0.25, 0.3) is 0 Å². The molecule has 0 aliphatic carbocycles. The van der Waals surface area contributed by atoms with Crippen molar-refractivity contribution >= 4 is 15.9 Å². The molecule has 0 bridgehead atoms. The molecule has 0 spiro atoms. The number of rotatable bonds is 4. The molecule has 116 valence electrons. The fourth-order valence-corrected chi connectivity index (χ4v) is 3.46. The maximum atomic E-state index is 12.4. The van der Waals surface area contributed by atoms with Gasteiger partial charge in [-0.3, -0.25) is 9.78 Å². The third-order valence-electron chi connectivity index (χ3n) is 3.82. The number of carbonyl (C=O) groups is 1. The first-order valence-electron chi connectivity index (χ1n) is 6.97. The molecular formula is C14H21N3O3S. The molecule has 0 aromatic carbocycles. The second-order valence-electron chi connectivity index (χ2n) is 5.49. The Morgan fingerprint density at radius 2 is 1.90 bits per heavy atom. The topological polar surface area (TPSA) is 70.6 Å². The van der Waals surface area contributed by atoms with Crippen LogP contribution in [0.25, 0.3) is 0 Å². The molecular weight excluding hydrogens is 290 g/mol. The van der Waals surface area contributed by atoms with Gasteiger partial charge in [-0.2, -0.15) is 0 Å². The first-order chi connectivity index (χ1) is 9.88. The normalized spacial score (nSPS) is 17.6. The van der Waals surface area contributed by atoms with E-state index in [1.165, 1.54) is 10.6 Å². The highest BCUT2D eigenvalue weighted by atomic mass is 32.2. The van der Waals surface area contributed by atoms with Gasteiger partial charge in [0.2, 0.25) is 15.9 Å². The summed E-state index contributed by atoms with van der Waals surface area (Å²) in [5, 5.41) is 0. The van der Waals surface area contributed by atoms with Crippen LogP contribution in [0.3, 0.4) is 0 Å². The van der Waals surface area contributed by atoms with E-state index in [1.807, 2.05) is 12.1 Å². The number of carbonyl (C=O) groups excluding carboxylic acids is 1. The Balaban J connectivity index is 1.90. The van der Waals surface area contributed by atoms with Crippen molar-refractivity contribution in [3.8, 4) is 0 Å². The van der Waals surface area contributed by atoms with E-state index >= 15 is 0 Å². The minimum atomic E-state index is -3.14. The van der Waals surface area contributed by atoms with Crippen molar-refractivity contribution in [3.05, 3.63) is 30.1 Å². The van der Waals surface area contributed by atoms with E-state index in [1.54, 1.807) is 24.3 Å². The van der Waals surface area contributed by atoms with Crippen molar-refractivity contribution in [2.45, 2.75) is 19.4 Å². The maximum absolute atomic E-state index is 12.4. The lowest BCUT2D eigenvalue weighted by molar-refractivity contribution is -0.135. The summed E-state index contributed by atoms with van der Waals surface area (Å²) in [5.74, 6) is -0.00481. The molecule has 1 aliphatic rings. The number of nitrogens with zero attached hydrogens (tertiary/aromatic N) is 3. The van der Waals surface area contributed by atoms with E-state index in [4.69, 9.17) is 0 Å². The lowest BCUT2D eigenvalue weighted by Crippen LogP contribution is -2.42. The molecule has 21 heavy (non-hydrogen) atoms. The fraction of sp³-hybridized carbons (Fsp3) is 0.571. The molecule has 0 atom stereocenters. The van der Waals surface area contributed by atoms with Crippen molar-refractivity contribution in [2.24, 2.45) is 5.92 Å². The number of pyridine rings is 1. The minimum Gasteiger partial charge on any atom is -0.341 e. The SMILES string of the molecule is CN(Cc1ccncc1)C(=O)C1CCN(S(C)(=O)=O)CC1. The van der Waals surface area contributed by atoms with E-state index in [0.717, 1.165) is 5.56 Å². The first kappa shape index (κ1) is 15.9. The second kappa shape index (κ2) is 6.53. The summed E-state index contributed by atoms with van der Waals surface area (Å²) in [6.07, 6.45) is 5.81. The number of piperidine rings is 1. The molecule has 0 N–H and O–H groups in total. The van der Waals surface area contributed by atoms with Gasteiger partial charge in [0.15, 0.2) is 0 Å². The van der Waals surface area contributed by atoms with Crippen LogP contribution in [0.1, 0.15) is 18.4 Å². The highest BCUT2D eigenvalue weighted by molar-refractivity contribution is 7.88. The average molecular weight is 311 g/mol. The Morgan fingerprint density at radius 3 is 2.43 bits per heavy atom. The van der Waals surface area contributed by atoms with Gasteiger partial charge in [-0.15, -0.1) is 0 Å². The number of sulfonamides is 1. The third kappa shape index (κ3) is 4.25. The molecule has 1 fully saturated rings. The Labute approximate surface area is 125 Å². The van der Waals surface area contributed by atoms with Gasteiger partial charge in [0, 0.05) is 45.0 Å². The van der Waals surface area contributed by atoms with Crippen LogP contribution in [0.5, 0.6) is 0 Å². The molecule has 1 amide bonds. The predicted octanol–water partition coefficient (Wildman–Crippen LogP) is 0.712. The van der Waals surface area contributed by atoms with Crippen LogP contribution in [-0.4, -0.2) is 54.9 Å². The van der Waals surface area contributed by atoms with Crippen LogP contribution in [0.2, 0.25) is 0 Å². The minimum absolute atomic E-state index is 0.0833. The zero-order valence-electron chi connectivity index (χ0n) is 12.4. The van der Waals surface area contributed by atoms with Crippen molar-refractivity contribution in [1.82, 2.24) is 14.2 Å². The fourth-order valence-electron chi connectivity index (χ4n) is 2.59. The third-order valence-corrected chi connectivity index (χ3v) is 5.12. The molecule has 1 saturated heterocycles. The van der Waals surface area contributed by atoms with Gasteiger partial charge in [-0.25, -0.2) is 12.7 Å². The van der Waals surface area contributed by atoms with Crippen LogP contribution in [0, 0.1) is 5.92 Å². The molecule has 0 unspecified atom stereocenters. The summed E-state index contributed by atoms with van der Waals surface area (Å²) in [7, 11) is -1.36. The largest absolute Gasteiger partial charge is 0.341 e. The van der Waals surface area contributed by atoms with E-state index in [2.05, 4.69) is 4.98 Å². The molecule has 0 saturated carbocycles. The lowest BCUT2D eigenvalue weighted by atomic mass is 9.96. The zero-order valence-corrected chi connectivity index (χ0v) is 13.2. The van der Waals surface area contributed by atoms with Gasteiger partial charge in [0.1, 0.15) is 0 Å². The van der Waals surface area contributed by atoms with E-state index in [-0.39, 0.29) is 11.8 Å². The van der Waals surface area contributed by atoms with Gasteiger partial charge in [-0.05, 0) is 30.5 Å². The molecule has 2 heterocycles. The van der Waals surface area contributed by atoms with E-state index < -0.39 is 10.0 Å². The molecule has 1 aromatic rings. The summed E-state index contributed by atoms with van der Waals surface area (Å²) >= 11 is 0. The summed E-state index contributed by atoms with van der Waals surface area (Å²) in [6.45, 7) is 1.41. The van der Waals surface area contributed by atoms with Gasteiger partial charge >= 0.3 is 0 Å². The Kier molecular flexibility index (Phi) is 4.95. The van der Waals surface area contributed by atoms with Crippen LogP contribution in [0.4, 0.5) is 0 Å². The molecule has 6 nitrogen and oxygen atoms in total. The van der Waals surface area contributed by atoms with Crippen molar-refractivity contribution in [1.29, 1.82) is 0 Å². The summed E-state index contributed by atoms with van der Waals surface area (Å²) in [4.78, 5) is 18.1. The van der Waals surface area contributed by atoms with E-state index in [9.17, 15) is 13.2 Å².